The zero-order valence-corrected chi connectivity index (χ0v) is 15.2. The monoisotopic (exact) mass is 363 g/mol. The molecule has 0 unspecified atom stereocenters. The maximum absolute atomic E-state index is 12.3. The molecule has 130 valence electrons. The lowest BCUT2D eigenvalue weighted by atomic mass is 10.1. The molecule has 0 aliphatic heterocycles. The summed E-state index contributed by atoms with van der Waals surface area (Å²) in [5, 5.41) is 13.2. The Morgan fingerprint density at radius 1 is 1.08 bits per heavy atom. The van der Waals surface area contributed by atoms with Crippen molar-refractivity contribution in [2.75, 3.05) is 5.32 Å². The van der Waals surface area contributed by atoms with Crippen LogP contribution in [0.15, 0.2) is 53.5 Å². The lowest BCUT2D eigenvalue weighted by Gasteiger charge is -2.07. The van der Waals surface area contributed by atoms with Gasteiger partial charge < -0.3 is 5.32 Å². The van der Waals surface area contributed by atoms with E-state index in [2.05, 4.69) is 52.5 Å². The van der Waals surface area contributed by atoms with Gasteiger partial charge in [0.25, 0.3) is 5.56 Å². The normalized spacial score (nSPS) is 11.0. The summed E-state index contributed by atoms with van der Waals surface area (Å²) in [6.07, 6.45) is 1.35. The third-order valence-electron chi connectivity index (χ3n) is 3.99. The second-order valence-electron chi connectivity index (χ2n) is 6.17. The van der Waals surface area contributed by atoms with E-state index >= 15 is 0 Å². The maximum Gasteiger partial charge on any atom is 0.269 e. The zero-order chi connectivity index (χ0) is 18.1. The summed E-state index contributed by atoms with van der Waals surface area (Å²) in [6.45, 7) is 4.49. The van der Waals surface area contributed by atoms with Crippen molar-refractivity contribution in [2.24, 2.45) is 0 Å². The number of para-hydroxylation sites is 2. The minimum Gasteiger partial charge on any atom is -0.330 e. The van der Waals surface area contributed by atoms with Gasteiger partial charge in [0.2, 0.25) is 5.13 Å². The molecule has 0 aliphatic rings. The number of anilines is 2. The standard InChI is InChI=1S/C19H17N5OS/c1-12-7-13(2)9-14(8-12)21-19-23-22-17(26-19)11-24-16-6-4-3-5-15(16)20-10-18(24)25/h3-10H,11H2,1-2H3,(H,21,23). The van der Waals surface area contributed by atoms with Crippen LogP contribution < -0.4 is 10.9 Å². The van der Waals surface area contributed by atoms with Crippen LogP contribution in [0.5, 0.6) is 0 Å². The number of benzene rings is 2. The molecule has 0 bridgehead atoms. The van der Waals surface area contributed by atoms with Crippen molar-refractivity contribution in [3.05, 3.63) is 75.1 Å². The summed E-state index contributed by atoms with van der Waals surface area (Å²) in [5.41, 5.74) is 4.78. The van der Waals surface area contributed by atoms with Gasteiger partial charge in [-0.15, -0.1) is 10.2 Å². The molecule has 1 N–H and O–H groups in total. The molecule has 0 saturated carbocycles. The number of nitrogens with zero attached hydrogens (tertiary/aromatic N) is 4. The molecular formula is C19H17N5OS. The minimum atomic E-state index is -0.150. The van der Waals surface area contributed by atoms with E-state index in [1.54, 1.807) is 4.57 Å². The number of aromatic nitrogens is 4. The molecular weight excluding hydrogens is 346 g/mol. The van der Waals surface area contributed by atoms with E-state index in [0.29, 0.717) is 11.7 Å². The van der Waals surface area contributed by atoms with Crippen LogP contribution in [0.2, 0.25) is 0 Å². The molecule has 0 atom stereocenters. The van der Waals surface area contributed by atoms with E-state index in [0.717, 1.165) is 21.7 Å². The van der Waals surface area contributed by atoms with Gasteiger partial charge in [-0.2, -0.15) is 0 Å². The van der Waals surface area contributed by atoms with Gasteiger partial charge in [0.15, 0.2) is 0 Å². The van der Waals surface area contributed by atoms with Crippen molar-refractivity contribution >= 4 is 33.2 Å². The molecule has 0 fully saturated rings. The lowest BCUT2D eigenvalue weighted by molar-refractivity contribution is 0.769. The van der Waals surface area contributed by atoms with E-state index in [-0.39, 0.29) is 5.56 Å². The summed E-state index contributed by atoms with van der Waals surface area (Å²) in [7, 11) is 0. The van der Waals surface area contributed by atoms with Gasteiger partial charge in [-0.1, -0.05) is 29.5 Å². The largest absolute Gasteiger partial charge is 0.330 e. The first-order chi connectivity index (χ1) is 12.6. The number of hydrogen-bond acceptors (Lipinski definition) is 6. The van der Waals surface area contributed by atoms with Crippen molar-refractivity contribution in [1.82, 2.24) is 19.7 Å². The Balaban J connectivity index is 1.61. The third kappa shape index (κ3) is 3.34. The first kappa shape index (κ1) is 16.4. The quantitative estimate of drug-likeness (QED) is 0.599. The highest BCUT2D eigenvalue weighted by atomic mass is 32.1. The molecule has 0 radical (unpaired) electrons. The smallest absolute Gasteiger partial charge is 0.269 e. The Bertz CT molecular complexity index is 1130. The predicted molar refractivity (Wildman–Crippen MR) is 104 cm³/mol. The van der Waals surface area contributed by atoms with Gasteiger partial charge in [-0.05, 0) is 49.2 Å². The molecule has 2 heterocycles. The molecule has 0 amide bonds. The fourth-order valence-corrected chi connectivity index (χ4v) is 3.70. The predicted octanol–water partition coefficient (Wildman–Crippen LogP) is 3.66. The summed E-state index contributed by atoms with van der Waals surface area (Å²) in [5.74, 6) is 0. The number of rotatable bonds is 4. The van der Waals surface area contributed by atoms with Crippen LogP contribution in [0.3, 0.4) is 0 Å². The van der Waals surface area contributed by atoms with E-state index in [9.17, 15) is 4.79 Å². The molecule has 2 aromatic heterocycles. The fourth-order valence-electron chi connectivity index (χ4n) is 2.95. The second kappa shape index (κ2) is 6.68. The average molecular weight is 363 g/mol. The number of fused-ring (bicyclic) bond motifs is 1. The first-order valence-electron chi connectivity index (χ1n) is 8.21. The van der Waals surface area contributed by atoms with E-state index < -0.39 is 0 Å². The van der Waals surface area contributed by atoms with Crippen LogP contribution in [0.1, 0.15) is 16.1 Å². The van der Waals surface area contributed by atoms with Gasteiger partial charge >= 0.3 is 0 Å². The number of hydrogen-bond donors (Lipinski definition) is 1. The third-order valence-corrected chi connectivity index (χ3v) is 4.81. The Labute approximate surface area is 154 Å². The Kier molecular flexibility index (Phi) is 4.22. The van der Waals surface area contributed by atoms with Gasteiger partial charge in [0.05, 0.1) is 23.8 Å². The maximum atomic E-state index is 12.3. The molecule has 7 heteroatoms. The number of nitrogens with one attached hydrogen (secondary N) is 1. The van der Waals surface area contributed by atoms with Crippen LogP contribution in [0.25, 0.3) is 11.0 Å². The Morgan fingerprint density at radius 3 is 2.65 bits per heavy atom. The van der Waals surface area contributed by atoms with Crippen LogP contribution in [0, 0.1) is 13.8 Å². The second-order valence-corrected chi connectivity index (χ2v) is 7.24. The molecule has 6 nitrogen and oxygen atoms in total. The topological polar surface area (TPSA) is 72.7 Å². The van der Waals surface area contributed by atoms with E-state index in [1.807, 2.05) is 24.3 Å². The van der Waals surface area contributed by atoms with Crippen LogP contribution >= 0.6 is 11.3 Å². The minimum absolute atomic E-state index is 0.150. The van der Waals surface area contributed by atoms with Gasteiger partial charge in [0, 0.05) is 5.69 Å². The highest BCUT2D eigenvalue weighted by Gasteiger charge is 2.09. The van der Waals surface area contributed by atoms with E-state index in [4.69, 9.17) is 0 Å². The first-order valence-corrected chi connectivity index (χ1v) is 9.02. The fraction of sp³-hybridized carbons (Fsp3) is 0.158. The lowest BCUT2D eigenvalue weighted by Crippen LogP contribution is -2.20. The summed E-state index contributed by atoms with van der Waals surface area (Å²) >= 11 is 1.44. The molecule has 4 rings (SSSR count). The SMILES string of the molecule is Cc1cc(C)cc(Nc2nnc(Cn3c(=O)cnc4ccccc43)s2)c1. The summed E-state index contributed by atoms with van der Waals surface area (Å²) in [6, 6.07) is 13.8. The van der Waals surface area contributed by atoms with Gasteiger partial charge in [-0.25, -0.2) is 4.98 Å². The molecule has 0 spiro atoms. The molecule has 2 aromatic carbocycles. The zero-order valence-electron chi connectivity index (χ0n) is 14.4. The molecule has 4 aromatic rings. The van der Waals surface area contributed by atoms with Crippen molar-refractivity contribution in [1.29, 1.82) is 0 Å². The van der Waals surface area contributed by atoms with Crippen LogP contribution in [-0.2, 0) is 6.54 Å². The Hall–Kier alpha value is -3.06. The van der Waals surface area contributed by atoms with Gasteiger partial charge in [-0.3, -0.25) is 9.36 Å². The molecule has 0 saturated heterocycles. The van der Waals surface area contributed by atoms with Gasteiger partial charge in [0.1, 0.15) is 5.01 Å². The summed E-state index contributed by atoms with van der Waals surface area (Å²) < 4.78 is 1.67. The highest BCUT2D eigenvalue weighted by Crippen LogP contribution is 2.23. The molecule has 26 heavy (non-hydrogen) atoms. The summed E-state index contributed by atoms with van der Waals surface area (Å²) in [4.78, 5) is 16.4. The Morgan fingerprint density at radius 2 is 1.85 bits per heavy atom. The van der Waals surface area contributed by atoms with E-state index in [1.165, 1.54) is 28.7 Å². The van der Waals surface area contributed by atoms with Crippen molar-refractivity contribution in [3.8, 4) is 0 Å². The van der Waals surface area contributed by atoms with Crippen LogP contribution in [0.4, 0.5) is 10.8 Å². The highest BCUT2D eigenvalue weighted by molar-refractivity contribution is 7.15. The van der Waals surface area contributed by atoms with Crippen molar-refractivity contribution in [3.63, 3.8) is 0 Å². The molecule has 0 aliphatic carbocycles. The van der Waals surface area contributed by atoms with Crippen molar-refractivity contribution in [2.45, 2.75) is 20.4 Å². The average Bonchev–Trinajstić information content (AvgIpc) is 3.03. The van der Waals surface area contributed by atoms with Crippen LogP contribution in [-0.4, -0.2) is 19.7 Å². The van der Waals surface area contributed by atoms with Crippen molar-refractivity contribution < 1.29 is 0 Å². The number of aryl methyl sites for hydroxylation is 2.